The van der Waals surface area contributed by atoms with Crippen molar-refractivity contribution in [2.24, 2.45) is 0 Å². The molecule has 4 nitrogen and oxygen atoms in total. The van der Waals surface area contributed by atoms with Crippen molar-refractivity contribution < 1.29 is 27.8 Å². The van der Waals surface area contributed by atoms with Crippen molar-refractivity contribution in [1.82, 2.24) is 5.32 Å². The molecule has 0 bridgehead atoms. The number of rotatable bonds is 9. The van der Waals surface area contributed by atoms with Gasteiger partial charge < -0.3 is 9.84 Å². The molecule has 0 radical (unpaired) electrons. The van der Waals surface area contributed by atoms with Gasteiger partial charge in [0.2, 0.25) is 0 Å². The van der Waals surface area contributed by atoms with E-state index in [-0.39, 0.29) is 12.6 Å². The fraction of sp³-hybridized carbons (Fsp3) is 0.923. The average molecular weight is 297 g/mol. The molecule has 1 aliphatic rings. The predicted molar refractivity (Wildman–Crippen MR) is 67.5 cm³/mol. The van der Waals surface area contributed by atoms with E-state index in [1.54, 1.807) is 6.92 Å². The zero-order chi connectivity index (χ0) is 15.4. The standard InChI is InChI=1S/C13H22F3NO3/c1-9(13(14,15)16)20-8-4-3-7-12(2,11(18)19)17-10-5-6-10/h9-10,17H,3-8H2,1-2H3,(H,18,19). The van der Waals surface area contributed by atoms with E-state index in [0.29, 0.717) is 19.3 Å². The number of carboxylic acids is 1. The number of halogens is 3. The molecule has 0 aromatic rings. The van der Waals surface area contributed by atoms with Crippen LogP contribution in [0.4, 0.5) is 13.2 Å². The molecular formula is C13H22F3NO3. The number of nitrogens with one attached hydrogen (secondary N) is 1. The Morgan fingerprint density at radius 2 is 2.00 bits per heavy atom. The van der Waals surface area contributed by atoms with Gasteiger partial charge in [0.05, 0.1) is 0 Å². The minimum Gasteiger partial charge on any atom is -0.480 e. The Morgan fingerprint density at radius 3 is 2.45 bits per heavy atom. The second-order valence-electron chi connectivity index (χ2n) is 5.57. The summed E-state index contributed by atoms with van der Waals surface area (Å²) in [7, 11) is 0. The molecule has 0 aliphatic heterocycles. The van der Waals surface area contributed by atoms with Crippen molar-refractivity contribution in [2.45, 2.75) is 69.8 Å². The molecule has 20 heavy (non-hydrogen) atoms. The van der Waals surface area contributed by atoms with Crippen LogP contribution in [0.2, 0.25) is 0 Å². The first-order valence-electron chi connectivity index (χ1n) is 6.84. The van der Waals surface area contributed by atoms with Crippen molar-refractivity contribution in [2.75, 3.05) is 6.61 Å². The fourth-order valence-electron chi connectivity index (χ4n) is 1.85. The summed E-state index contributed by atoms with van der Waals surface area (Å²) in [5.41, 5.74) is -1.00. The molecule has 1 saturated carbocycles. The van der Waals surface area contributed by atoms with Gasteiger partial charge in [0.1, 0.15) is 5.54 Å². The number of alkyl halides is 3. The molecular weight excluding hydrogens is 275 g/mol. The SMILES string of the molecule is CC(OCCCCC(C)(NC1CC1)C(=O)O)C(F)(F)F. The van der Waals surface area contributed by atoms with Gasteiger partial charge in [0, 0.05) is 12.6 Å². The van der Waals surface area contributed by atoms with E-state index in [1.165, 1.54) is 0 Å². The molecule has 1 rings (SSSR count). The van der Waals surface area contributed by atoms with Gasteiger partial charge in [0.25, 0.3) is 0 Å². The van der Waals surface area contributed by atoms with Gasteiger partial charge >= 0.3 is 12.1 Å². The second-order valence-corrected chi connectivity index (χ2v) is 5.57. The number of ether oxygens (including phenoxy) is 1. The van der Waals surface area contributed by atoms with Crippen LogP contribution in [0, 0.1) is 0 Å². The van der Waals surface area contributed by atoms with Crippen LogP contribution in [0.5, 0.6) is 0 Å². The van der Waals surface area contributed by atoms with Gasteiger partial charge in [-0.2, -0.15) is 13.2 Å². The number of aliphatic carboxylic acids is 1. The Bertz CT molecular complexity index is 331. The van der Waals surface area contributed by atoms with Gasteiger partial charge in [0.15, 0.2) is 6.10 Å². The highest BCUT2D eigenvalue weighted by Gasteiger charge is 2.38. The summed E-state index contributed by atoms with van der Waals surface area (Å²) in [6.45, 7) is 2.57. The van der Waals surface area contributed by atoms with Gasteiger partial charge in [-0.25, -0.2) is 0 Å². The first-order chi connectivity index (χ1) is 9.15. The molecule has 0 heterocycles. The smallest absolute Gasteiger partial charge is 0.414 e. The maximum atomic E-state index is 12.2. The summed E-state index contributed by atoms with van der Waals surface area (Å²) < 4.78 is 41.3. The predicted octanol–water partition coefficient (Wildman–Crippen LogP) is 2.72. The van der Waals surface area contributed by atoms with Gasteiger partial charge in [-0.3, -0.25) is 10.1 Å². The van der Waals surface area contributed by atoms with Crippen molar-refractivity contribution in [3.63, 3.8) is 0 Å². The van der Waals surface area contributed by atoms with Crippen molar-refractivity contribution >= 4 is 5.97 Å². The molecule has 2 atom stereocenters. The van der Waals surface area contributed by atoms with E-state index in [2.05, 4.69) is 10.1 Å². The molecule has 118 valence electrons. The number of unbranched alkanes of at least 4 members (excludes halogenated alkanes) is 1. The van der Waals surface area contributed by atoms with Crippen LogP contribution in [0.25, 0.3) is 0 Å². The lowest BCUT2D eigenvalue weighted by Crippen LogP contribution is -2.50. The van der Waals surface area contributed by atoms with Crippen molar-refractivity contribution in [1.29, 1.82) is 0 Å². The molecule has 7 heteroatoms. The maximum absolute atomic E-state index is 12.2. The monoisotopic (exact) mass is 297 g/mol. The molecule has 2 unspecified atom stereocenters. The van der Waals surface area contributed by atoms with Crippen LogP contribution in [0.3, 0.4) is 0 Å². The van der Waals surface area contributed by atoms with Crippen molar-refractivity contribution in [3.8, 4) is 0 Å². The molecule has 0 saturated heterocycles. The first kappa shape index (κ1) is 17.2. The van der Waals surface area contributed by atoms with E-state index in [4.69, 9.17) is 0 Å². The third-order valence-electron chi connectivity index (χ3n) is 3.47. The lowest BCUT2D eigenvalue weighted by atomic mass is 9.95. The average Bonchev–Trinajstić information content (AvgIpc) is 3.10. The Labute approximate surface area is 116 Å². The van der Waals surface area contributed by atoms with E-state index >= 15 is 0 Å². The third kappa shape index (κ3) is 5.66. The van der Waals surface area contributed by atoms with Gasteiger partial charge in [-0.15, -0.1) is 0 Å². The number of hydrogen-bond donors (Lipinski definition) is 2. The summed E-state index contributed by atoms with van der Waals surface area (Å²) in [6, 6.07) is 0.262. The number of carboxylic acid groups (broad SMARTS) is 1. The summed E-state index contributed by atoms with van der Waals surface area (Å²) >= 11 is 0. The van der Waals surface area contributed by atoms with Crippen LogP contribution in [-0.2, 0) is 9.53 Å². The minimum atomic E-state index is -4.34. The summed E-state index contributed by atoms with van der Waals surface area (Å²) in [4.78, 5) is 11.2. The Morgan fingerprint density at radius 1 is 1.40 bits per heavy atom. The highest BCUT2D eigenvalue weighted by Crippen LogP contribution is 2.26. The molecule has 2 N–H and O–H groups in total. The minimum absolute atomic E-state index is 0.0141. The van der Waals surface area contributed by atoms with E-state index in [1.807, 2.05) is 0 Å². The quantitative estimate of drug-likeness (QED) is 0.642. The zero-order valence-corrected chi connectivity index (χ0v) is 11.8. The fourth-order valence-corrected chi connectivity index (χ4v) is 1.85. The second kappa shape index (κ2) is 6.76. The Hall–Kier alpha value is -0.820. The third-order valence-corrected chi connectivity index (χ3v) is 3.47. The van der Waals surface area contributed by atoms with Crippen LogP contribution in [0.1, 0.15) is 46.0 Å². The van der Waals surface area contributed by atoms with Gasteiger partial charge in [-0.05, 0) is 46.0 Å². The molecule has 0 aromatic heterocycles. The number of hydrogen-bond acceptors (Lipinski definition) is 3. The molecule has 1 fully saturated rings. The molecule has 0 aromatic carbocycles. The van der Waals surface area contributed by atoms with E-state index in [0.717, 1.165) is 19.8 Å². The Kier molecular flexibility index (Phi) is 5.82. The van der Waals surface area contributed by atoms with Crippen LogP contribution < -0.4 is 5.32 Å². The molecule has 0 spiro atoms. The molecule has 0 amide bonds. The lowest BCUT2D eigenvalue weighted by Gasteiger charge is -2.26. The first-order valence-corrected chi connectivity index (χ1v) is 6.84. The normalized spacial score (nSPS) is 20.4. The zero-order valence-electron chi connectivity index (χ0n) is 11.8. The Balaban J connectivity index is 2.22. The topological polar surface area (TPSA) is 58.6 Å². The van der Waals surface area contributed by atoms with E-state index < -0.39 is 23.8 Å². The number of carbonyl (C=O) groups is 1. The summed E-state index contributed by atoms with van der Waals surface area (Å²) in [6.07, 6.45) is -2.86. The largest absolute Gasteiger partial charge is 0.480 e. The van der Waals surface area contributed by atoms with Crippen LogP contribution >= 0.6 is 0 Å². The lowest BCUT2D eigenvalue weighted by molar-refractivity contribution is -0.214. The summed E-state index contributed by atoms with van der Waals surface area (Å²) in [5, 5.41) is 12.3. The highest BCUT2D eigenvalue weighted by atomic mass is 19.4. The highest BCUT2D eigenvalue weighted by molar-refractivity contribution is 5.78. The molecule has 1 aliphatic carbocycles. The van der Waals surface area contributed by atoms with Gasteiger partial charge in [-0.1, -0.05) is 0 Å². The van der Waals surface area contributed by atoms with Crippen LogP contribution in [-0.4, -0.2) is 41.5 Å². The van der Waals surface area contributed by atoms with Crippen molar-refractivity contribution in [3.05, 3.63) is 0 Å². The van der Waals surface area contributed by atoms with E-state index in [9.17, 15) is 23.1 Å². The van der Waals surface area contributed by atoms with Crippen LogP contribution in [0.15, 0.2) is 0 Å². The maximum Gasteiger partial charge on any atom is 0.414 e. The summed E-state index contributed by atoms with van der Waals surface area (Å²) in [5.74, 6) is -0.922.